The highest BCUT2D eigenvalue weighted by molar-refractivity contribution is 5.97. The monoisotopic (exact) mass is 354 g/mol. The van der Waals surface area contributed by atoms with Crippen LogP contribution < -0.4 is 5.56 Å². The Morgan fingerprint density at radius 2 is 1.92 bits per heavy atom. The number of pyridine rings is 2. The van der Waals surface area contributed by atoms with Gasteiger partial charge < -0.3 is 14.8 Å². The Bertz CT molecular complexity index is 1090. The van der Waals surface area contributed by atoms with Crippen LogP contribution in [-0.4, -0.2) is 25.7 Å². The number of halogens is 1. The van der Waals surface area contributed by atoms with E-state index in [1.165, 1.54) is 22.9 Å². The van der Waals surface area contributed by atoms with Crippen molar-refractivity contribution >= 4 is 17.0 Å². The summed E-state index contributed by atoms with van der Waals surface area (Å²) < 4.78 is 14.5. The summed E-state index contributed by atoms with van der Waals surface area (Å²) in [4.78, 5) is 28.2. The largest absolute Gasteiger partial charge is 0.505 e. The van der Waals surface area contributed by atoms with Gasteiger partial charge in [-0.25, -0.2) is 9.18 Å². The number of aromatic carboxylic acids is 1. The molecule has 7 heteroatoms. The standard InChI is InChI=1S/C19H15FN2O4/c20-12-3-1-10(2-4-12)7-11-8-14-16(21-9-11)17(23)15(19(25)26)18(24)22(14)13-5-6-13/h1-4,8-9,13,23H,5-7H2,(H,25,26). The third-order valence-corrected chi connectivity index (χ3v) is 4.52. The van der Waals surface area contributed by atoms with E-state index in [2.05, 4.69) is 4.98 Å². The fourth-order valence-electron chi connectivity index (χ4n) is 3.13. The molecule has 1 fully saturated rings. The first kappa shape index (κ1) is 16.3. The third-order valence-electron chi connectivity index (χ3n) is 4.52. The van der Waals surface area contributed by atoms with E-state index in [4.69, 9.17) is 0 Å². The molecule has 4 rings (SSSR count). The van der Waals surface area contributed by atoms with Gasteiger partial charge >= 0.3 is 5.97 Å². The lowest BCUT2D eigenvalue weighted by Crippen LogP contribution is -2.26. The third kappa shape index (κ3) is 2.71. The Balaban J connectivity index is 1.88. The molecule has 1 aromatic carbocycles. The lowest BCUT2D eigenvalue weighted by Gasteiger charge is -2.13. The van der Waals surface area contributed by atoms with E-state index in [1.807, 2.05) is 0 Å². The van der Waals surface area contributed by atoms with Gasteiger partial charge in [0, 0.05) is 12.2 Å². The van der Waals surface area contributed by atoms with E-state index in [0.29, 0.717) is 11.9 Å². The second-order valence-corrected chi connectivity index (χ2v) is 6.45. The minimum absolute atomic E-state index is 0.0772. The highest BCUT2D eigenvalue weighted by atomic mass is 19.1. The first-order valence-electron chi connectivity index (χ1n) is 8.19. The average Bonchev–Trinajstić information content (AvgIpc) is 3.41. The van der Waals surface area contributed by atoms with Crippen LogP contribution in [0.3, 0.4) is 0 Å². The zero-order valence-electron chi connectivity index (χ0n) is 13.6. The molecule has 0 saturated heterocycles. The molecule has 1 aliphatic carbocycles. The zero-order chi connectivity index (χ0) is 18.4. The quantitative estimate of drug-likeness (QED) is 0.752. The topological polar surface area (TPSA) is 92.4 Å². The Kier molecular flexibility index (Phi) is 3.72. The normalized spacial score (nSPS) is 13.9. The second kappa shape index (κ2) is 5.94. The summed E-state index contributed by atoms with van der Waals surface area (Å²) >= 11 is 0. The molecule has 0 radical (unpaired) electrons. The maximum atomic E-state index is 13.0. The van der Waals surface area contributed by atoms with Crippen molar-refractivity contribution in [3.63, 3.8) is 0 Å². The number of carboxylic acid groups (broad SMARTS) is 1. The van der Waals surface area contributed by atoms with Crippen molar-refractivity contribution in [3.05, 3.63) is 69.4 Å². The van der Waals surface area contributed by atoms with Crippen LogP contribution in [0.5, 0.6) is 5.75 Å². The molecule has 0 atom stereocenters. The van der Waals surface area contributed by atoms with E-state index >= 15 is 0 Å². The summed E-state index contributed by atoms with van der Waals surface area (Å²) in [5.74, 6) is -2.40. The number of fused-ring (bicyclic) bond motifs is 1. The molecule has 0 bridgehead atoms. The number of carbonyl (C=O) groups is 1. The minimum Gasteiger partial charge on any atom is -0.505 e. The second-order valence-electron chi connectivity index (χ2n) is 6.45. The van der Waals surface area contributed by atoms with Crippen LogP contribution in [0, 0.1) is 5.82 Å². The molecular weight excluding hydrogens is 339 g/mol. The summed E-state index contributed by atoms with van der Waals surface area (Å²) in [5.41, 5.74) is 0.796. The van der Waals surface area contributed by atoms with Crippen molar-refractivity contribution in [2.45, 2.75) is 25.3 Å². The van der Waals surface area contributed by atoms with Gasteiger partial charge in [0.25, 0.3) is 5.56 Å². The first-order chi connectivity index (χ1) is 12.5. The van der Waals surface area contributed by atoms with Crippen LogP contribution in [0.4, 0.5) is 4.39 Å². The van der Waals surface area contributed by atoms with Crippen LogP contribution in [0.2, 0.25) is 0 Å². The molecule has 0 amide bonds. The zero-order valence-corrected chi connectivity index (χ0v) is 13.6. The molecule has 1 saturated carbocycles. The van der Waals surface area contributed by atoms with Gasteiger partial charge in [0.2, 0.25) is 0 Å². The first-order valence-corrected chi connectivity index (χ1v) is 8.19. The molecule has 0 spiro atoms. The van der Waals surface area contributed by atoms with Crippen LogP contribution in [0.1, 0.15) is 40.4 Å². The van der Waals surface area contributed by atoms with Gasteiger partial charge in [-0.05, 0) is 48.6 Å². The predicted octanol–water partition coefficient (Wildman–Crippen LogP) is 2.87. The van der Waals surface area contributed by atoms with Crippen molar-refractivity contribution < 1.29 is 19.4 Å². The van der Waals surface area contributed by atoms with Crippen molar-refractivity contribution in [1.29, 1.82) is 0 Å². The summed E-state index contributed by atoms with van der Waals surface area (Å²) in [6.45, 7) is 0. The maximum absolute atomic E-state index is 13.0. The van der Waals surface area contributed by atoms with E-state index in [9.17, 15) is 24.2 Å². The van der Waals surface area contributed by atoms with E-state index < -0.39 is 22.8 Å². The summed E-state index contributed by atoms with van der Waals surface area (Å²) in [6, 6.07) is 7.73. The fourth-order valence-corrected chi connectivity index (χ4v) is 3.13. The van der Waals surface area contributed by atoms with Crippen LogP contribution >= 0.6 is 0 Å². The Morgan fingerprint density at radius 3 is 2.54 bits per heavy atom. The van der Waals surface area contributed by atoms with E-state index in [1.54, 1.807) is 18.2 Å². The molecule has 26 heavy (non-hydrogen) atoms. The molecule has 1 aliphatic rings. The molecule has 6 nitrogen and oxygen atoms in total. The predicted molar refractivity (Wildman–Crippen MR) is 92.1 cm³/mol. The summed E-state index contributed by atoms with van der Waals surface area (Å²) in [6.07, 6.45) is 3.56. The lowest BCUT2D eigenvalue weighted by atomic mass is 10.1. The number of benzene rings is 1. The number of hydrogen-bond acceptors (Lipinski definition) is 4. The number of carboxylic acids is 1. The van der Waals surface area contributed by atoms with Crippen LogP contribution in [-0.2, 0) is 6.42 Å². The van der Waals surface area contributed by atoms with Crippen molar-refractivity contribution in [2.24, 2.45) is 0 Å². The van der Waals surface area contributed by atoms with Gasteiger partial charge in [0.15, 0.2) is 11.3 Å². The molecule has 132 valence electrons. The number of hydrogen-bond donors (Lipinski definition) is 2. The Labute approximate surface area is 147 Å². The molecule has 2 aromatic heterocycles. The van der Waals surface area contributed by atoms with Gasteiger partial charge in [-0.15, -0.1) is 0 Å². The number of rotatable bonds is 4. The van der Waals surface area contributed by atoms with Gasteiger partial charge in [-0.3, -0.25) is 9.78 Å². The summed E-state index contributed by atoms with van der Waals surface area (Å²) in [7, 11) is 0. The van der Waals surface area contributed by atoms with Crippen molar-refractivity contribution in [2.75, 3.05) is 0 Å². The van der Waals surface area contributed by atoms with E-state index in [0.717, 1.165) is 24.0 Å². The Hall–Kier alpha value is -3.22. The highest BCUT2D eigenvalue weighted by Crippen LogP contribution is 2.38. The number of aromatic hydroxyl groups is 1. The molecule has 0 aliphatic heterocycles. The lowest BCUT2D eigenvalue weighted by molar-refractivity contribution is 0.0691. The number of nitrogens with zero attached hydrogens (tertiary/aromatic N) is 2. The van der Waals surface area contributed by atoms with Gasteiger partial charge in [0.1, 0.15) is 11.3 Å². The van der Waals surface area contributed by atoms with Crippen LogP contribution in [0.25, 0.3) is 11.0 Å². The van der Waals surface area contributed by atoms with Gasteiger partial charge in [-0.1, -0.05) is 12.1 Å². The Morgan fingerprint density at radius 1 is 1.23 bits per heavy atom. The molecule has 3 aromatic rings. The molecule has 2 N–H and O–H groups in total. The van der Waals surface area contributed by atoms with Crippen molar-refractivity contribution in [1.82, 2.24) is 9.55 Å². The fraction of sp³-hybridized carbons (Fsp3) is 0.211. The average molecular weight is 354 g/mol. The molecular formula is C19H15FN2O4. The maximum Gasteiger partial charge on any atom is 0.345 e. The van der Waals surface area contributed by atoms with Gasteiger partial charge in [0.05, 0.1) is 5.52 Å². The minimum atomic E-state index is -1.47. The SMILES string of the molecule is O=C(O)c1c(O)c2ncc(Cc3ccc(F)cc3)cc2n(C2CC2)c1=O. The van der Waals surface area contributed by atoms with Crippen molar-refractivity contribution in [3.8, 4) is 5.75 Å². The molecule has 0 unspecified atom stereocenters. The number of aromatic nitrogens is 2. The smallest absolute Gasteiger partial charge is 0.345 e. The van der Waals surface area contributed by atoms with Gasteiger partial charge in [-0.2, -0.15) is 0 Å². The highest BCUT2D eigenvalue weighted by Gasteiger charge is 2.31. The van der Waals surface area contributed by atoms with Crippen LogP contribution in [0.15, 0.2) is 41.3 Å². The van der Waals surface area contributed by atoms with E-state index in [-0.39, 0.29) is 17.4 Å². The molecule has 2 heterocycles. The summed E-state index contributed by atoms with van der Waals surface area (Å²) in [5, 5.41) is 19.5.